The summed E-state index contributed by atoms with van der Waals surface area (Å²) >= 11 is 5.81. The van der Waals surface area contributed by atoms with Crippen molar-refractivity contribution >= 4 is 23.2 Å². The average molecular weight is 283 g/mol. The van der Waals surface area contributed by atoms with Gasteiger partial charge in [0, 0.05) is 6.42 Å². The number of rotatable bonds is 4. The normalized spacial score (nSPS) is 10.5. The third kappa shape index (κ3) is 3.08. The maximum atomic E-state index is 13.5. The predicted octanol–water partition coefficient (Wildman–Crippen LogP) is 2.80. The number of aryl methyl sites for hydroxylation is 1. The van der Waals surface area contributed by atoms with Crippen LogP contribution < -0.4 is 5.32 Å². The van der Waals surface area contributed by atoms with Gasteiger partial charge in [-0.3, -0.25) is 9.89 Å². The molecule has 0 saturated carbocycles. The second-order valence-electron chi connectivity index (χ2n) is 3.91. The molecule has 2 aromatic rings. The fraction of sp³-hybridized carbons (Fsp3) is 0.250. The van der Waals surface area contributed by atoms with Gasteiger partial charge >= 0.3 is 0 Å². The number of benzene rings is 1. The Bertz CT molecular complexity index is 579. The molecule has 1 aromatic carbocycles. The Labute approximate surface area is 114 Å². The molecule has 0 spiro atoms. The smallest absolute Gasteiger partial charge is 0.295 e. The van der Waals surface area contributed by atoms with E-state index in [4.69, 9.17) is 11.6 Å². The van der Waals surface area contributed by atoms with Crippen molar-refractivity contribution in [3.63, 3.8) is 0 Å². The highest BCUT2D eigenvalue weighted by Crippen LogP contribution is 2.24. The predicted molar refractivity (Wildman–Crippen MR) is 69.7 cm³/mol. The highest BCUT2D eigenvalue weighted by molar-refractivity contribution is 6.33. The van der Waals surface area contributed by atoms with Crippen LogP contribution in [-0.2, 0) is 6.42 Å². The first kappa shape index (κ1) is 13.5. The molecule has 2 rings (SSSR count). The van der Waals surface area contributed by atoms with Gasteiger partial charge in [-0.2, -0.15) is 0 Å². The summed E-state index contributed by atoms with van der Waals surface area (Å²) in [7, 11) is 0. The molecule has 0 saturated heterocycles. The van der Waals surface area contributed by atoms with Crippen molar-refractivity contribution in [3.8, 4) is 0 Å². The molecule has 5 nitrogen and oxygen atoms in total. The van der Waals surface area contributed by atoms with Crippen LogP contribution in [0.5, 0.6) is 0 Å². The molecule has 0 bridgehead atoms. The number of aromatic amines is 1. The van der Waals surface area contributed by atoms with Crippen molar-refractivity contribution in [2.45, 2.75) is 19.8 Å². The third-order valence-corrected chi connectivity index (χ3v) is 2.74. The SMILES string of the molecule is CCCc1nc(C(=O)Nc2c(F)cccc2Cl)n[nH]1. The maximum Gasteiger partial charge on any atom is 0.295 e. The number of para-hydroxylation sites is 1. The Morgan fingerprint density at radius 2 is 2.32 bits per heavy atom. The number of carbonyl (C=O) groups excluding carboxylic acids is 1. The first-order valence-electron chi connectivity index (χ1n) is 5.78. The van der Waals surface area contributed by atoms with E-state index in [0.29, 0.717) is 12.2 Å². The topological polar surface area (TPSA) is 70.7 Å². The van der Waals surface area contributed by atoms with Crippen LogP contribution in [0.25, 0.3) is 0 Å². The lowest BCUT2D eigenvalue weighted by Crippen LogP contribution is -2.15. The largest absolute Gasteiger partial charge is 0.315 e. The monoisotopic (exact) mass is 282 g/mol. The molecule has 1 aromatic heterocycles. The van der Waals surface area contributed by atoms with Gasteiger partial charge in [-0.25, -0.2) is 9.37 Å². The van der Waals surface area contributed by atoms with Crippen LogP contribution in [0, 0.1) is 5.82 Å². The van der Waals surface area contributed by atoms with Crippen LogP contribution in [0.3, 0.4) is 0 Å². The van der Waals surface area contributed by atoms with Gasteiger partial charge in [0.1, 0.15) is 11.6 Å². The quantitative estimate of drug-likeness (QED) is 0.906. The summed E-state index contributed by atoms with van der Waals surface area (Å²) in [6, 6.07) is 4.15. The first-order chi connectivity index (χ1) is 9.11. The number of nitrogens with zero attached hydrogens (tertiary/aromatic N) is 2. The summed E-state index contributed by atoms with van der Waals surface area (Å²) in [5.41, 5.74) is -0.0731. The molecular weight excluding hydrogens is 271 g/mol. The average Bonchev–Trinajstić information content (AvgIpc) is 2.83. The Balaban J connectivity index is 2.16. The number of hydrogen-bond donors (Lipinski definition) is 2. The van der Waals surface area contributed by atoms with Gasteiger partial charge in [-0.1, -0.05) is 24.6 Å². The first-order valence-corrected chi connectivity index (χ1v) is 6.16. The van der Waals surface area contributed by atoms with Crippen LogP contribution in [0.2, 0.25) is 5.02 Å². The highest BCUT2D eigenvalue weighted by atomic mass is 35.5. The van der Waals surface area contributed by atoms with E-state index in [-0.39, 0.29) is 16.5 Å². The van der Waals surface area contributed by atoms with E-state index in [1.165, 1.54) is 18.2 Å². The molecular formula is C12H12ClFN4O. The summed E-state index contributed by atoms with van der Waals surface area (Å²) in [5, 5.41) is 8.91. The number of anilines is 1. The van der Waals surface area contributed by atoms with Gasteiger partial charge in [0.2, 0.25) is 5.82 Å². The molecule has 100 valence electrons. The fourth-order valence-corrected chi connectivity index (χ4v) is 1.74. The Morgan fingerprint density at radius 3 is 3.00 bits per heavy atom. The Morgan fingerprint density at radius 1 is 1.53 bits per heavy atom. The summed E-state index contributed by atoms with van der Waals surface area (Å²) in [5.74, 6) is -0.633. The van der Waals surface area contributed by atoms with Crippen LogP contribution in [0.15, 0.2) is 18.2 Å². The van der Waals surface area contributed by atoms with Crippen molar-refractivity contribution in [2.24, 2.45) is 0 Å². The van der Waals surface area contributed by atoms with Crippen LogP contribution in [0.1, 0.15) is 29.8 Å². The summed E-state index contributed by atoms with van der Waals surface area (Å²) in [6.45, 7) is 1.99. The second kappa shape index (κ2) is 5.79. The van der Waals surface area contributed by atoms with Crippen molar-refractivity contribution in [2.75, 3.05) is 5.32 Å². The minimum atomic E-state index is -0.606. The van der Waals surface area contributed by atoms with Crippen LogP contribution in [-0.4, -0.2) is 21.1 Å². The van der Waals surface area contributed by atoms with Crippen molar-refractivity contribution in [1.82, 2.24) is 15.2 Å². The zero-order valence-corrected chi connectivity index (χ0v) is 11.0. The number of hydrogen-bond acceptors (Lipinski definition) is 3. The molecule has 2 N–H and O–H groups in total. The molecule has 0 aliphatic heterocycles. The van der Waals surface area contributed by atoms with E-state index in [9.17, 15) is 9.18 Å². The maximum absolute atomic E-state index is 13.5. The van der Waals surface area contributed by atoms with Gasteiger partial charge < -0.3 is 5.32 Å². The number of halogens is 2. The standard InChI is InChI=1S/C12H12ClFN4O/c1-2-4-9-15-11(18-17-9)12(19)16-10-7(13)5-3-6-8(10)14/h3,5-6H,2,4H2,1H3,(H,16,19)(H,15,17,18). The molecule has 0 aliphatic carbocycles. The number of carbonyl (C=O) groups is 1. The summed E-state index contributed by atoms with van der Waals surface area (Å²) in [6.07, 6.45) is 1.58. The van der Waals surface area contributed by atoms with Gasteiger partial charge in [0.25, 0.3) is 5.91 Å². The molecule has 1 amide bonds. The fourth-order valence-electron chi connectivity index (χ4n) is 1.53. The number of H-pyrrole nitrogens is 1. The lowest BCUT2D eigenvalue weighted by molar-refractivity contribution is 0.101. The Kier molecular flexibility index (Phi) is 4.11. The zero-order chi connectivity index (χ0) is 13.8. The van der Waals surface area contributed by atoms with Gasteiger partial charge in [0.15, 0.2) is 0 Å². The van der Waals surface area contributed by atoms with Crippen molar-refractivity contribution < 1.29 is 9.18 Å². The molecule has 0 unspecified atom stereocenters. The Hall–Kier alpha value is -1.95. The summed E-state index contributed by atoms with van der Waals surface area (Å²) in [4.78, 5) is 15.9. The van der Waals surface area contributed by atoms with Gasteiger partial charge in [-0.15, -0.1) is 5.10 Å². The molecule has 7 heteroatoms. The van der Waals surface area contributed by atoms with Crippen molar-refractivity contribution in [1.29, 1.82) is 0 Å². The lowest BCUT2D eigenvalue weighted by Gasteiger charge is -2.05. The molecule has 0 aliphatic rings. The van der Waals surface area contributed by atoms with E-state index < -0.39 is 11.7 Å². The minimum absolute atomic E-state index is 0.0391. The van der Waals surface area contributed by atoms with E-state index in [1.54, 1.807) is 0 Å². The van der Waals surface area contributed by atoms with Crippen molar-refractivity contribution in [3.05, 3.63) is 40.7 Å². The lowest BCUT2D eigenvalue weighted by atomic mass is 10.3. The molecule has 0 atom stereocenters. The third-order valence-electron chi connectivity index (χ3n) is 2.42. The zero-order valence-electron chi connectivity index (χ0n) is 10.2. The number of nitrogens with one attached hydrogen (secondary N) is 2. The van der Waals surface area contributed by atoms with Crippen LogP contribution >= 0.6 is 11.6 Å². The molecule has 0 fully saturated rings. The van der Waals surface area contributed by atoms with E-state index in [1.807, 2.05) is 6.92 Å². The molecule has 19 heavy (non-hydrogen) atoms. The molecule has 1 heterocycles. The van der Waals surface area contributed by atoms with E-state index in [0.717, 1.165) is 6.42 Å². The minimum Gasteiger partial charge on any atom is -0.315 e. The number of aromatic nitrogens is 3. The van der Waals surface area contributed by atoms with E-state index >= 15 is 0 Å². The summed E-state index contributed by atoms with van der Waals surface area (Å²) < 4.78 is 13.5. The number of amides is 1. The van der Waals surface area contributed by atoms with E-state index in [2.05, 4.69) is 20.5 Å². The van der Waals surface area contributed by atoms with Gasteiger partial charge in [0.05, 0.1) is 10.7 Å². The van der Waals surface area contributed by atoms with Gasteiger partial charge in [-0.05, 0) is 18.6 Å². The van der Waals surface area contributed by atoms with Crippen LogP contribution in [0.4, 0.5) is 10.1 Å². The molecule has 0 radical (unpaired) electrons. The highest BCUT2D eigenvalue weighted by Gasteiger charge is 2.16. The second-order valence-corrected chi connectivity index (χ2v) is 4.31.